The van der Waals surface area contributed by atoms with Gasteiger partial charge in [0.2, 0.25) is 0 Å². The summed E-state index contributed by atoms with van der Waals surface area (Å²) in [5, 5.41) is 4.67. The highest BCUT2D eigenvalue weighted by molar-refractivity contribution is 7.11. The Balaban J connectivity index is 1.86. The highest BCUT2D eigenvalue weighted by Gasteiger charge is 2.12. The Morgan fingerprint density at radius 2 is 1.83 bits per heavy atom. The molecule has 0 spiro atoms. The molecule has 0 aliphatic rings. The molecular weight excluding hydrogens is 328 g/mol. The lowest BCUT2D eigenvalue weighted by atomic mass is 10.1. The van der Waals surface area contributed by atoms with Crippen LogP contribution in [-0.2, 0) is 22.5 Å². The Bertz CT molecular complexity index is 737. The second-order valence-electron chi connectivity index (χ2n) is 5.17. The summed E-state index contributed by atoms with van der Waals surface area (Å²) in [5.41, 5.74) is 2.22. The van der Waals surface area contributed by atoms with Crippen LogP contribution in [0.4, 0.5) is 0 Å². The number of aryl methyl sites for hydroxylation is 1. The number of rotatable bonds is 7. The first-order valence-corrected chi connectivity index (χ1v) is 8.27. The van der Waals surface area contributed by atoms with E-state index in [1.165, 1.54) is 14.0 Å². The van der Waals surface area contributed by atoms with Gasteiger partial charge in [0.05, 0.1) is 7.11 Å². The van der Waals surface area contributed by atoms with E-state index in [-0.39, 0.29) is 23.4 Å². The van der Waals surface area contributed by atoms with Crippen molar-refractivity contribution in [2.45, 2.75) is 26.3 Å². The van der Waals surface area contributed by atoms with Gasteiger partial charge in [-0.15, -0.1) is 11.3 Å². The summed E-state index contributed by atoms with van der Waals surface area (Å²) in [6, 6.07) is 7.63. The van der Waals surface area contributed by atoms with Crippen LogP contribution in [0.25, 0.3) is 0 Å². The maximum atomic E-state index is 12.0. The Morgan fingerprint density at radius 1 is 1.17 bits per heavy atom. The number of benzene rings is 1. The molecule has 0 radical (unpaired) electrons. The van der Waals surface area contributed by atoms with Crippen LogP contribution in [0.2, 0.25) is 0 Å². The zero-order valence-electron chi connectivity index (χ0n) is 13.5. The van der Waals surface area contributed by atoms with Crippen LogP contribution in [0, 0.1) is 0 Å². The van der Waals surface area contributed by atoms with Gasteiger partial charge in [0, 0.05) is 25.3 Å². The zero-order valence-corrected chi connectivity index (χ0v) is 14.3. The summed E-state index contributed by atoms with van der Waals surface area (Å²) < 4.78 is 4.61. The molecule has 6 nitrogen and oxygen atoms in total. The van der Waals surface area contributed by atoms with Gasteiger partial charge < -0.3 is 10.1 Å². The molecule has 0 saturated carbocycles. The van der Waals surface area contributed by atoms with E-state index < -0.39 is 0 Å². The summed E-state index contributed by atoms with van der Waals surface area (Å²) in [4.78, 5) is 38.3. The smallest absolute Gasteiger partial charge is 0.305 e. The molecular formula is C17H18N2O4S. The van der Waals surface area contributed by atoms with E-state index in [1.54, 1.807) is 5.38 Å². The van der Waals surface area contributed by atoms with Gasteiger partial charge in [-0.3, -0.25) is 14.4 Å². The van der Waals surface area contributed by atoms with E-state index >= 15 is 0 Å². The predicted octanol–water partition coefficient (Wildman–Crippen LogP) is 2.38. The van der Waals surface area contributed by atoms with Crippen molar-refractivity contribution in [1.29, 1.82) is 0 Å². The number of methoxy groups -OCH3 is 1. The van der Waals surface area contributed by atoms with Gasteiger partial charge in [-0.05, 0) is 17.5 Å². The van der Waals surface area contributed by atoms with E-state index in [0.717, 1.165) is 22.5 Å². The number of carbonyl (C=O) groups excluding carboxylic acids is 3. The Hall–Kier alpha value is -2.54. The Morgan fingerprint density at radius 3 is 2.42 bits per heavy atom. The van der Waals surface area contributed by atoms with E-state index in [1.807, 2.05) is 24.3 Å². The number of nitrogens with one attached hydrogen (secondary N) is 1. The van der Waals surface area contributed by atoms with E-state index in [9.17, 15) is 14.4 Å². The minimum absolute atomic E-state index is 0.151. The van der Waals surface area contributed by atoms with Crippen molar-refractivity contribution in [1.82, 2.24) is 10.3 Å². The fourth-order valence-electron chi connectivity index (χ4n) is 1.98. The largest absolute Gasteiger partial charge is 0.469 e. The van der Waals surface area contributed by atoms with Gasteiger partial charge in [0.15, 0.2) is 10.8 Å². The topological polar surface area (TPSA) is 85.4 Å². The number of ketones is 1. The number of carbonyl (C=O) groups is 3. The molecule has 1 aromatic carbocycles. The molecule has 0 saturated heterocycles. The Kier molecular flexibility index (Phi) is 6.20. The molecule has 0 aliphatic heterocycles. The molecule has 0 unspecified atom stereocenters. The number of thiazole rings is 1. The molecule has 1 N–H and O–H groups in total. The maximum Gasteiger partial charge on any atom is 0.305 e. The van der Waals surface area contributed by atoms with Gasteiger partial charge in [-0.2, -0.15) is 0 Å². The summed E-state index contributed by atoms with van der Waals surface area (Å²) in [6.45, 7) is 1.78. The number of Topliss-reactive ketones (excluding diaryl/α,β-unsaturated/α-hetero) is 1. The first-order valence-electron chi connectivity index (χ1n) is 7.39. The van der Waals surface area contributed by atoms with Crippen LogP contribution >= 0.6 is 11.3 Å². The molecule has 1 amide bonds. The number of aromatic nitrogens is 1. The molecule has 0 bridgehead atoms. The van der Waals surface area contributed by atoms with Crippen molar-refractivity contribution >= 4 is 29.0 Å². The fourth-order valence-corrected chi connectivity index (χ4v) is 2.68. The molecule has 1 heterocycles. The number of esters is 1. The maximum absolute atomic E-state index is 12.0. The average molecular weight is 346 g/mol. The van der Waals surface area contributed by atoms with E-state index in [4.69, 9.17) is 0 Å². The first-order chi connectivity index (χ1) is 11.5. The number of hydrogen-bond donors (Lipinski definition) is 1. The molecule has 0 aliphatic carbocycles. The van der Waals surface area contributed by atoms with Crippen LogP contribution in [0.1, 0.15) is 44.8 Å². The lowest BCUT2D eigenvalue weighted by molar-refractivity contribution is -0.140. The fraction of sp³-hybridized carbons (Fsp3) is 0.294. The van der Waals surface area contributed by atoms with Crippen molar-refractivity contribution in [2.24, 2.45) is 0 Å². The van der Waals surface area contributed by atoms with E-state index in [0.29, 0.717) is 24.4 Å². The van der Waals surface area contributed by atoms with Gasteiger partial charge >= 0.3 is 5.97 Å². The summed E-state index contributed by atoms with van der Waals surface area (Å²) in [6.07, 6.45) is 0.959. The van der Waals surface area contributed by atoms with Crippen LogP contribution in [0.5, 0.6) is 0 Å². The molecule has 0 atom stereocenters. The van der Waals surface area contributed by atoms with Crippen molar-refractivity contribution in [3.05, 3.63) is 51.5 Å². The van der Waals surface area contributed by atoms with Crippen molar-refractivity contribution < 1.29 is 19.1 Å². The van der Waals surface area contributed by atoms with Gasteiger partial charge in [-0.1, -0.05) is 24.3 Å². The molecule has 126 valence electrons. The predicted molar refractivity (Wildman–Crippen MR) is 90.1 cm³/mol. The summed E-state index contributed by atoms with van der Waals surface area (Å²) in [7, 11) is 1.37. The summed E-state index contributed by atoms with van der Waals surface area (Å²) in [5.74, 6) is -0.699. The molecule has 1 aromatic heterocycles. The normalized spacial score (nSPS) is 10.2. The zero-order chi connectivity index (χ0) is 17.5. The SMILES string of the molecule is COC(=O)CCc1ccc(CNC(=O)c2csc(C(C)=O)n2)cc1. The first kappa shape index (κ1) is 17.8. The highest BCUT2D eigenvalue weighted by Crippen LogP contribution is 2.11. The van der Waals surface area contributed by atoms with Crippen LogP contribution < -0.4 is 5.32 Å². The van der Waals surface area contributed by atoms with Gasteiger partial charge in [0.1, 0.15) is 5.69 Å². The minimum atomic E-state index is -0.312. The van der Waals surface area contributed by atoms with Crippen molar-refractivity contribution in [2.75, 3.05) is 7.11 Å². The lowest BCUT2D eigenvalue weighted by Gasteiger charge is -2.05. The quantitative estimate of drug-likeness (QED) is 0.614. The molecule has 2 rings (SSSR count). The molecule has 0 fully saturated rings. The second kappa shape index (κ2) is 8.35. The van der Waals surface area contributed by atoms with Gasteiger partial charge in [-0.25, -0.2) is 4.98 Å². The molecule has 7 heteroatoms. The van der Waals surface area contributed by atoms with Crippen LogP contribution in [0.15, 0.2) is 29.6 Å². The second-order valence-corrected chi connectivity index (χ2v) is 6.03. The summed E-state index contributed by atoms with van der Waals surface area (Å²) >= 11 is 1.16. The lowest BCUT2D eigenvalue weighted by Crippen LogP contribution is -2.23. The van der Waals surface area contributed by atoms with Gasteiger partial charge in [0.25, 0.3) is 5.91 Å². The van der Waals surface area contributed by atoms with Crippen LogP contribution in [0.3, 0.4) is 0 Å². The minimum Gasteiger partial charge on any atom is -0.469 e. The number of nitrogens with zero attached hydrogens (tertiary/aromatic N) is 1. The Labute approximate surface area is 143 Å². The molecule has 24 heavy (non-hydrogen) atoms. The average Bonchev–Trinajstić information content (AvgIpc) is 3.09. The third-order valence-corrected chi connectivity index (χ3v) is 4.30. The van der Waals surface area contributed by atoms with Crippen molar-refractivity contribution in [3.8, 4) is 0 Å². The third-order valence-electron chi connectivity index (χ3n) is 3.36. The monoisotopic (exact) mass is 346 g/mol. The number of amides is 1. The standard InChI is InChI=1S/C17H18N2O4S/c1-11(20)17-19-14(10-24-17)16(22)18-9-13-5-3-12(4-6-13)7-8-15(21)23-2/h3-6,10H,7-9H2,1-2H3,(H,18,22). The van der Waals surface area contributed by atoms with Crippen molar-refractivity contribution in [3.63, 3.8) is 0 Å². The highest BCUT2D eigenvalue weighted by atomic mass is 32.1. The third kappa shape index (κ3) is 4.99. The van der Waals surface area contributed by atoms with E-state index in [2.05, 4.69) is 15.0 Å². The number of ether oxygens (including phenoxy) is 1. The molecule has 2 aromatic rings. The number of hydrogen-bond acceptors (Lipinski definition) is 6. The van der Waals surface area contributed by atoms with Crippen LogP contribution in [-0.4, -0.2) is 29.8 Å².